The Hall–Kier alpha value is -2.51. The molecule has 1 N–H and O–H groups in total. The average Bonchev–Trinajstić information content (AvgIpc) is 2.81. The van der Waals surface area contributed by atoms with E-state index in [9.17, 15) is 4.79 Å². The smallest absolute Gasteiger partial charge is 0.274 e. The molecule has 0 aliphatic carbocycles. The first-order valence-corrected chi connectivity index (χ1v) is 6.36. The first-order chi connectivity index (χ1) is 9.63. The van der Waals surface area contributed by atoms with Gasteiger partial charge in [-0.25, -0.2) is 9.55 Å². The third-order valence-corrected chi connectivity index (χ3v) is 3.10. The number of aryl methyl sites for hydroxylation is 1. The van der Waals surface area contributed by atoms with Crippen molar-refractivity contribution in [3.8, 4) is 12.0 Å². The topological polar surface area (TPSA) is 50.7 Å². The van der Waals surface area contributed by atoms with E-state index in [4.69, 9.17) is 11.6 Å². The minimum Gasteiger partial charge on any atom is -0.343 e. The van der Waals surface area contributed by atoms with Gasteiger partial charge in [-0.15, -0.1) is 0 Å². The summed E-state index contributed by atoms with van der Waals surface area (Å²) in [6.07, 6.45) is 1.42. The fraction of sp³-hybridized carbons (Fsp3) is 0.0667. The lowest BCUT2D eigenvalue weighted by molar-refractivity contribution is 0.999. The largest absolute Gasteiger partial charge is 0.343 e. The Kier molecular flexibility index (Phi) is 3.05. The van der Waals surface area contributed by atoms with Crippen molar-refractivity contribution in [2.24, 2.45) is 0 Å². The number of hydrogen-bond donors (Lipinski definition) is 1. The van der Waals surface area contributed by atoms with Gasteiger partial charge in [0.1, 0.15) is 12.0 Å². The summed E-state index contributed by atoms with van der Waals surface area (Å²) >= 11 is 5.80. The first-order valence-electron chi connectivity index (χ1n) is 5.98. The number of hydrogen-bond acceptors (Lipinski definition) is 2. The van der Waals surface area contributed by atoms with E-state index >= 15 is 0 Å². The number of halogens is 1. The monoisotopic (exact) mass is 283 g/mol. The molecule has 1 aromatic carbocycles. The van der Waals surface area contributed by atoms with Gasteiger partial charge in [0.25, 0.3) is 5.56 Å². The molecule has 0 fully saturated rings. The van der Waals surface area contributed by atoms with Crippen LogP contribution in [0.3, 0.4) is 0 Å². The van der Waals surface area contributed by atoms with Crippen LogP contribution in [0.4, 0.5) is 0 Å². The van der Waals surface area contributed by atoms with Crippen molar-refractivity contribution in [2.75, 3.05) is 0 Å². The number of nitrogens with one attached hydrogen (secondary N) is 1. The van der Waals surface area contributed by atoms with Crippen LogP contribution in [0.1, 0.15) is 11.3 Å². The highest BCUT2D eigenvalue weighted by Gasteiger charge is 2.04. The highest BCUT2D eigenvalue weighted by atomic mass is 35.5. The van der Waals surface area contributed by atoms with Crippen molar-refractivity contribution in [1.29, 1.82) is 0 Å². The van der Waals surface area contributed by atoms with Gasteiger partial charge in [0.15, 0.2) is 0 Å². The van der Waals surface area contributed by atoms with Gasteiger partial charge in [-0.2, -0.15) is 0 Å². The fourth-order valence-corrected chi connectivity index (χ4v) is 2.00. The summed E-state index contributed by atoms with van der Waals surface area (Å²) < 4.78 is 1.28. The minimum atomic E-state index is -0.180. The Labute approximate surface area is 120 Å². The van der Waals surface area contributed by atoms with E-state index in [0.29, 0.717) is 16.1 Å². The molecular weight excluding hydrogens is 274 g/mol. The molecule has 20 heavy (non-hydrogen) atoms. The zero-order chi connectivity index (χ0) is 14.1. The van der Waals surface area contributed by atoms with Gasteiger partial charge in [0, 0.05) is 22.3 Å². The second-order valence-corrected chi connectivity index (χ2v) is 4.81. The van der Waals surface area contributed by atoms with Gasteiger partial charge < -0.3 is 4.98 Å². The number of aromatic amines is 1. The number of H-pyrrole nitrogens is 1. The lowest BCUT2D eigenvalue weighted by atomic mass is 10.2. The summed E-state index contributed by atoms with van der Waals surface area (Å²) in [4.78, 5) is 19.4. The van der Waals surface area contributed by atoms with Crippen LogP contribution in [0.25, 0.3) is 11.0 Å². The van der Waals surface area contributed by atoms with Crippen molar-refractivity contribution < 1.29 is 0 Å². The van der Waals surface area contributed by atoms with E-state index in [0.717, 1.165) is 11.3 Å². The lowest BCUT2D eigenvalue weighted by Gasteiger charge is -1.94. The maximum Gasteiger partial charge on any atom is 0.274 e. The zero-order valence-electron chi connectivity index (χ0n) is 10.6. The molecule has 0 aliphatic heterocycles. The van der Waals surface area contributed by atoms with E-state index in [2.05, 4.69) is 21.9 Å². The molecule has 0 radical (unpaired) electrons. The van der Waals surface area contributed by atoms with E-state index in [1.54, 1.807) is 30.3 Å². The standard InChI is InChI=1S/C15H10ClN3O/c1-10-8-13-14(18-10)17-9-19(15(13)20)7-6-11-2-4-12(16)5-3-11/h2-5,8-9,18H,1H3. The highest BCUT2D eigenvalue weighted by molar-refractivity contribution is 6.30. The molecule has 4 nitrogen and oxygen atoms in total. The third kappa shape index (κ3) is 2.31. The quantitative estimate of drug-likeness (QED) is 0.645. The molecule has 0 unspecified atom stereocenters. The molecule has 0 amide bonds. The number of rotatable bonds is 0. The fourth-order valence-electron chi connectivity index (χ4n) is 1.88. The molecule has 5 heteroatoms. The Balaban J connectivity index is 2.05. The van der Waals surface area contributed by atoms with Crippen LogP contribution in [-0.2, 0) is 0 Å². The van der Waals surface area contributed by atoms with Gasteiger partial charge in [0.2, 0.25) is 0 Å². The van der Waals surface area contributed by atoms with Crippen molar-refractivity contribution in [3.05, 3.63) is 63.3 Å². The summed E-state index contributed by atoms with van der Waals surface area (Å²) in [5, 5.41) is 1.19. The molecule has 0 bridgehead atoms. The van der Waals surface area contributed by atoms with Gasteiger partial charge in [0.05, 0.1) is 5.39 Å². The van der Waals surface area contributed by atoms with Crippen molar-refractivity contribution >= 4 is 22.6 Å². The van der Waals surface area contributed by atoms with Gasteiger partial charge in [-0.05, 0) is 43.2 Å². The van der Waals surface area contributed by atoms with Crippen LogP contribution in [0, 0.1) is 18.9 Å². The van der Waals surface area contributed by atoms with Gasteiger partial charge in [-0.1, -0.05) is 11.6 Å². The predicted octanol–water partition coefficient (Wildman–Crippen LogP) is 2.54. The van der Waals surface area contributed by atoms with Crippen molar-refractivity contribution in [2.45, 2.75) is 6.92 Å². The molecule has 3 rings (SSSR count). The second kappa shape index (κ2) is 4.87. The van der Waals surface area contributed by atoms with Crippen LogP contribution in [-0.4, -0.2) is 14.5 Å². The molecular formula is C15H10ClN3O. The van der Waals surface area contributed by atoms with E-state index in [1.807, 2.05) is 6.92 Å². The zero-order valence-corrected chi connectivity index (χ0v) is 11.4. The van der Waals surface area contributed by atoms with Crippen molar-refractivity contribution in [3.63, 3.8) is 0 Å². The summed E-state index contributed by atoms with van der Waals surface area (Å²) in [7, 11) is 0. The van der Waals surface area contributed by atoms with Crippen LogP contribution in [0.5, 0.6) is 0 Å². The molecule has 0 saturated heterocycles. The Morgan fingerprint density at radius 2 is 2.05 bits per heavy atom. The molecule has 2 heterocycles. The summed E-state index contributed by atoms with van der Waals surface area (Å²) in [5.74, 6) is 2.90. The summed E-state index contributed by atoms with van der Waals surface area (Å²) in [6, 6.07) is 11.7. The van der Waals surface area contributed by atoms with Crippen molar-refractivity contribution in [1.82, 2.24) is 14.5 Å². The van der Waals surface area contributed by atoms with Gasteiger partial charge >= 0.3 is 0 Å². The minimum absolute atomic E-state index is 0.180. The number of benzene rings is 1. The highest BCUT2D eigenvalue weighted by Crippen LogP contribution is 2.08. The van der Waals surface area contributed by atoms with Gasteiger partial charge in [-0.3, -0.25) is 4.79 Å². The van der Waals surface area contributed by atoms with E-state index < -0.39 is 0 Å². The van der Waals surface area contributed by atoms with Crippen LogP contribution in [0.15, 0.2) is 41.5 Å². The Morgan fingerprint density at radius 1 is 1.30 bits per heavy atom. The molecule has 0 aliphatic rings. The molecule has 2 aromatic heterocycles. The maximum absolute atomic E-state index is 12.2. The van der Waals surface area contributed by atoms with Crippen LogP contribution >= 0.6 is 11.6 Å². The molecule has 98 valence electrons. The first kappa shape index (κ1) is 12.5. The predicted molar refractivity (Wildman–Crippen MR) is 78.8 cm³/mol. The Morgan fingerprint density at radius 3 is 2.80 bits per heavy atom. The average molecular weight is 284 g/mol. The summed E-state index contributed by atoms with van der Waals surface area (Å²) in [5.41, 5.74) is 2.08. The van der Waals surface area contributed by atoms with Crippen LogP contribution < -0.4 is 5.56 Å². The second-order valence-electron chi connectivity index (χ2n) is 4.38. The SMILES string of the molecule is Cc1cc2c(=O)n(C#Cc3ccc(Cl)cc3)cnc2[nH]1. The number of fused-ring (bicyclic) bond motifs is 1. The molecule has 3 aromatic rings. The number of aromatic nitrogens is 3. The third-order valence-electron chi connectivity index (χ3n) is 2.85. The molecule has 0 saturated carbocycles. The normalized spacial score (nSPS) is 10.3. The molecule has 0 atom stereocenters. The van der Waals surface area contributed by atoms with E-state index in [-0.39, 0.29) is 5.56 Å². The summed E-state index contributed by atoms with van der Waals surface area (Å²) in [6.45, 7) is 1.88. The van der Waals surface area contributed by atoms with Crippen LogP contribution in [0.2, 0.25) is 5.02 Å². The lowest BCUT2D eigenvalue weighted by Crippen LogP contribution is -2.16. The van der Waals surface area contributed by atoms with E-state index in [1.165, 1.54) is 10.9 Å². The maximum atomic E-state index is 12.2. The number of nitrogens with zero attached hydrogens (tertiary/aromatic N) is 2. The molecule has 0 spiro atoms. The Bertz CT molecular complexity index is 895.